The van der Waals surface area contributed by atoms with Crippen LogP contribution >= 0.6 is 22.9 Å². The molecule has 23 heavy (non-hydrogen) atoms. The summed E-state index contributed by atoms with van der Waals surface area (Å²) in [5.74, 6) is -0.150. The Balaban J connectivity index is 0.00000127. The van der Waals surface area contributed by atoms with E-state index in [1.165, 1.54) is 11.3 Å². The van der Waals surface area contributed by atoms with Crippen molar-refractivity contribution in [2.45, 2.75) is 38.8 Å². The number of rotatable bonds is 2. The van der Waals surface area contributed by atoms with E-state index in [0.717, 1.165) is 13.5 Å². The van der Waals surface area contributed by atoms with Crippen LogP contribution in [0.2, 0.25) is 4.34 Å². The number of hydrogen-bond acceptors (Lipinski definition) is 5. The van der Waals surface area contributed by atoms with Gasteiger partial charge in [-0.1, -0.05) is 11.6 Å². The van der Waals surface area contributed by atoms with Crippen LogP contribution < -0.4 is 5.32 Å². The number of thiophene rings is 1. The zero-order valence-electron chi connectivity index (χ0n) is 13.8. The summed E-state index contributed by atoms with van der Waals surface area (Å²) >= 11 is 7.06. The van der Waals surface area contributed by atoms with E-state index in [1.54, 1.807) is 17.0 Å². The zero-order chi connectivity index (χ0) is 17.6. The van der Waals surface area contributed by atoms with Gasteiger partial charge in [-0.05, 0) is 39.3 Å². The molecule has 1 unspecified atom stereocenters. The van der Waals surface area contributed by atoms with Crippen LogP contribution in [-0.2, 0) is 4.74 Å². The summed E-state index contributed by atoms with van der Waals surface area (Å²) in [7, 11) is 1.00. The smallest absolute Gasteiger partial charge is 0.410 e. The maximum atomic E-state index is 12.0. The third kappa shape index (κ3) is 6.37. The Bertz CT molecular complexity index is 542. The van der Waals surface area contributed by atoms with Crippen molar-refractivity contribution in [3.05, 3.63) is 21.3 Å². The molecular weight excluding hydrogens is 340 g/mol. The number of carbonyl (C=O) groups excluding carboxylic acids is 2. The minimum atomic E-state index is -0.508. The molecular formula is C15H23ClN2O4S. The molecule has 1 saturated heterocycles. The molecule has 1 aromatic rings. The Labute approximate surface area is 145 Å². The summed E-state index contributed by atoms with van der Waals surface area (Å²) in [4.78, 5) is 26.2. The van der Waals surface area contributed by atoms with Gasteiger partial charge in [0.2, 0.25) is 0 Å². The van der Waals surface area contributed by atoms with Crippen LogP contribution in [0.5, 0.6) is 0 Å². The van der Waals surface area contributed by atoms with E-state index in [0.29, 0.717) is 22.3 Å². The van der Waals surface area contributed by atoms with Crippen LogP contribution in [-0.4, -0.2) is 53.8 Å². The largest absolute Gasteiger partial charge is 0.444 e. The average molecular weight is 363 g/mol. The Morgan fingerprint density at radius 2 is 2.04 bits per heavy atom. The molecule has 2 heterocycles. The summed E-state index contributed by atoms with van der Waals surface area (Å²) in [5.41, 5.74) is -0.508. The predicted octanol–water partition coefficient (Wildman–Crippen LogP) is 2.75. The number of halogens is 1. The summed E-state index contributed by atoms with van der Waals surface area (Å²) in [6, 6.07) is 3.34. The second-order valence-corrected chi connectivity index (χ2v) is 7.70. The minimum Gasteiger partial charge on any atom is -0.444 e. The molecule has 1 fully saturated rings. The fourth-order valence-corrected chi connectivity index (χ4v) is 3.01. The van der Waals surface area contributed by atoms with Crippen molar-refractivity contribution in [3.63, 3.8) is 0 Å². The fourth-order valence-electron chi connectivity index (χ4n) is 2.06. The number of nitrogens with zero attached hydrogens (tertiary/aromatic N) is 1. The topological polar surface area (TPSA) is 78.9 Å². The standard InChI is InChI=1S/C14H19ClN2O3S.CH4O/c1-14(2,3)20-13(19)17-7-6-9(8-17)16-12(18)10-4-5-11(15)21-10;1-2/h4-5,9H,6-8H2,1-3H3,(H,16,18);2H,1H3. The zero-order valence-corrected chi connectivity index (χ0v) is 15.3. The molecule has 0 aromatic carbocycles. The van der Waals surface area contributed by atoms with Gasteiger partial charge in [-0.15, -0.1) is 11.3 Å². The van der Waals surface area contributed by atoms with Crippen LogP contribution in [0, 0.1) is 0 Å². The van der Waals surface area contributed by atoms with Gasteiger partial charge in [-0.3, -0.25) is 4.79 Å². The molecule has 8 heteroatoms. The molecule has 1 atom stereocenters. The van der Waals surface area contributed by atoms with E-state index >= 15 is 0 Å². The van der Waals surface area contributed by atoms with Gasteiger partial charge in [0.1, 0.15) is 5.60 Å². The molecule has 2 amide bonds. The van der Waals surface area contributed by atoms with Gasteiger partial charge in [-0.25, -0.2) is 4.79 Å². The first-order valence-electron chi connectivity index (χ1n) is 7.23. The summed E-state index contributed by atoms with van der Waals surface area (Å²) in [5, 5.41) is 9.92. The lowest BCUT2D eigenvalue weighted by atomic mass is 10.2. The molecule has 0 spiro atoms. The van der Waals surface area contributed by atoms with E-state index in [2.05, 4.69) is 5.32 Å². The van der Waals surface area contributed by atoms with E-state index in [9.17, 15) is 9.59 Å². The highest BCUT2D eigenvalue weighted by Crippen LogP contribution is 2.22. The molecule has 0 radical (unpaired) electrons. The third-order valence-corrected chi connectivity index (χ3v) is 4.20. The van der Waals surface area contributed by atoms with Crippen LogP contribution in [0.15, 0.2) is 12.1 Å². The first-order valence-corrected chi connectivity index (χ1v) is 8.43. The van der Waals surface area contributed by atoms with Crippen LogP contribution in [0.1, 0.15) is 36.9 Å². The lowest BCUT2D eigenvalue weighted by molar-refractivity contribution is 0.0290. The van der Waals surface area contributed by atoms with Gasteiger partial charge < -0.3 is 20.1 Å². The van der Waals surface area contributed by atoms with Crippen LogP contribution in [0.4, 0.5) is 4.79 Å². The molecule has 0 saturated carbocycles. The highest BCUT2D eigenvalue weighted by atomic mass is 35.5. The number of nitrogens with one attached hydrogen (secondary N) is 1. The first-order chi connectivity index (χ1) is 10.7. The lowest BCUT2D eigenvalue weighted by Gasteiger charge is -2.24. The van der Waals surface area contributed by atoms with Crippen molar-refractivity contribution < 1.29 is 19.4 Å². The quantitative estimate of drug-likeness (QED) is 0.847. The number of aliphatic hydroxyl groups excluding tert-OH is 1. The molecule has 0 bridgehead atoms. The SMILES string of the molecule is CC(C)(C)OC(=O)N1CCC(NC(=O)c2ccc(Cl)s2)C1.CO. The minimum absolute atomic E-state index is 0.0501. The van der Waals surface area contributed by atoms with E-state index in [1.807, 2.05) is 20.8 Å². The highest BCUT2D eigenvalue weighted by Gasteiger charge is 2.30. The third-order valence-electron chi connectivity index (χ3n) is 2.97. The van der Waals surface area contributed by atoms with E-state index in [-0.39, 0.29) is 18.0 Å². The maximum absolute atomic E-state index is 12.0. The molecule has 6 nitrogen and oxygen atoms in total. The molecule has 0 aliphatic carbocycles. The Morgan fingerprint density at radius 3 is 2.57 bits per heavy atom. The summed E-state index contributed by atoms with van der Waals surface area (Å²) in [6.07, 6.45) is 0.391. The Morgan fingerprint density at radius 1 is 1.39 bits per heavy atom. The lowest BCUT2D eigenvalue weighted by Crippen LogP contribution is -2.40. The molecule has 1 aromatic heterocycles. The predicted molar refractivity (Wildman–Crippen MR) is 91.2 cm³/mol. The maximum Gasteiger partial charge on any atom is 0.410 e. The van der Waals surface area contributed by atoms with E-state index in [4.69, 9.17) is 21.4 Å². The number of amides is 2. The monoisotopic (exact) mass is 362 g/mol. The van der Waals surface area contributed by atoms with Gasteiger partial charge in [-0.2, -0.15) is 0 Å². The van der Waals surface area contributed by atoms with Crippen LogP contribution in [0.25, 0.3) is 0 Å². The number of hydrogen-bond donors (Lipinski definition) is 2. The van der Waals surface area contributed by atoms with Gasteiger partial charge in [0.25, 0.3) is 5.91 Å². The molecule has 1 aliphatic rings. The van der Waals surface area contributed by atoms with Crippen molar-refractivity contribution in [1.82, 2.24) is 10.2 Å². The molecule has 2 rings (SSSR count). The normalized spacial score (nSPS) is 17.3. The second kappa shape index (κ2) is 8.52. The van der Waals surface area contributed by atoms with Gasteiger partial charge in [0.15, 0.2) is 0 Å². The summed E-state index contributed by atoms with van der Waals surface area (Å²) < 4.78 is 5.91. The van der Waals surface area contributed by atoms with Crippen LogP contribution in [0.3, 0.4) is 0 Å². The van der Waals surface area contributed by atoms with Crippen molar-refractivity contribution in [2.75, 3.05) is 20.2 Å². The van der Waals surface area contributed by atoms with Gasteiger partial charge >= 0.3 is 6.09 Å². The number of ether oxygens (including phenoxy) is 1. The van der Waals surface area contributed by atoms with Gasteiger partial charge in [0.05, 0.1) is 9.21 Å². The van der Waals surface area contributed by atoms with Crippen molar-refractivity contribution in [2.24, 2.45) is 0 Å². The van der Waals surface area contributed by atoms with Crippen molar-refractivity contribution >= 4 is 34.9 Å². The molecule has 2 N–H and O–H groups in total. The number of likely N-dealkylation sites (tertiary alicyclic amines) is 1. The van der Waals surface area contributed by atoms with E-state index < -0.39 is 5.60 Å². The Kier molecular flexibility index (Phi) is 7.31. The number of carbonyl (C=O) groups is 2. The first kappa shape index (κ1) is 19.7. The Hall–Kier alpha value is -1.31. The fraction of sp³-hybridized carbons (Fsp3) is 0.600. The highest BCUT2D eigenvalue weighted by molar-refractivity contribution is 7.17. The summed E-state index contributed by atoms with van der Waals surface area (Å²) in [6.45, 7) is 6.56. The average Bonchev–Trinajstić information content (AvgIpc) is 3.08. The molecule has 130 valence electrons. The second-order valence-electron chi connectivity index (χ2n) is 5.99. The van der Waals surface area contributed by atoms with Crippen molar-refractivity contribution in [1.29, 1.82) is 0 Å². The van der Waals surface area contributed by atoms with Crippen molar-refractivity contribution in [3.8, 4) is 0 Å². The number of aliphatic hydroxyl groups is 1. The molecule has 1 aliphatic heterocycles. The van der Waals surface area contributed by atoms with Gasteiger partial charge in [0, 0.05) is 26.2 Å².